The Balaban J connectivity index is 1.42. The molecule has 4 rings (SSSR count). The van der Waals surface area contributed by atoms with Crippen LogP contribution in [-0.2, 0) is 16.6 Å². The standard InChI is InChI=1S/C26H26N2O7S/c1-15-12-22(32-5)10-11-23(15)19-6-8-21(9-7-19)33-14-20-13-24(34-17(20)3)26(29)28-36(30,31)25-16(2)27-35-18(25)4/h6-13H,14H2,1-5H3,(H,28,29). The lowest BCUT2D eigenvalue weighted by Gasteiger charge is -2.10. The van der Waals surface area contributed by atoms with E-state index in [2.05, 4.69) is 5.16 Å². The fourth-order valence-electron chi connectivity index (χ4n) is 3.84. The zero-order valence-corrected chi connectivity index (χ0v) is 21.4. The third-order valence-electron chi connectivity index (χ3n) is 5.70. The number of hydrogen-bond acceptors (Lipinski definition) is 8. The minimum Gasteiger partial charge on any atom is -0.497 e. The molecule has 2 heterocycles. The van der Waals surface area contributed by atoms with Crippen molar-refractivity contribution >= 4 is 15.9 Å². The number of aromatic nitrogens is 1. The van der Waals surface area contributed by atoms with Crippen LogP contribution in [0.3, 0.4) is 0 Å². The highest BCUT2D eigenvalue weighted by atomic mass is 32.2. The first-order chi connectivity index (χ1) is 17.1. The Bertz CT molecular complexity index is 1500. The van der Waals surface area contributed by atoms with E-state index in [9.17, 15) is 13.2 Å². The highest BCUT2D eigenvalue weighted by molar-refractivity contribution is 7.90. The maximum Gasteiger partial charge on any atom is 0.300 e. The molecule has 0 saturated heterocycles. The second-order valence-electron chi connectivity index (χ2n) is 8.27. The van der Waals surface area contributed by atoms with Crippen molar-refractivity contribution in [2.75, 3.05) is 7.11 Å². The smallest absolute Gasteiger partial charge is 0.300 e. The van der Waals surface area contributed by atoms with Crippen molar-refractivity contribution in [3.63, 3.8) is 0 Å². The highest BCUT2D eigenvalue weighted by Crippen LogP contribution is 2.29. The van der Waals surface area contributed by atoms with E-state index in [1.54, 1.807) is 14.0 Å². The fraction of sp³-hybridized carbons (Fsp3) is 0.231. The number of rotatable bonds is 8. The van der Waals surface area contributed by atoms with Crippen molar-refractivity contribution in [1.82, 2.24) is 9.88 Å². The Morgan fingerprint density at radius 2 is 1.67 bits per heavy atom. The van der Waals surface area contributed by atoms with Crippen LogP contribution in [0.1, 0.15) is 38.9 Å². The summed E-state index contributed by atoms with van der Waals surface area (Å²) in [4.78, 5) is 12.4. The number of ether oxygens (including phenoxy) is 2. The normalized spacial score (nSPS) is 11.4. The quantitative estimate of drug-likeness (QED) is 0.356. The van der Waals surface area contributed by atoms with Crippen molar-refractivity contribution in [2.45, 2.75) is 39.2 Å². The summed E-state index contributed by atoms with van der Waals surface area (Å²) in [6.07, 6.45) is 0. The van der Waals surface area contributed by atoms with E-state index in [1.807, 2.05) is 54.1 Å². The molecule has 0 atom stereocenters. The Hall–Kier alpha value is -4.05. The van der Waals surface area contributed by atoms with Crippen LogP contribution in [0.5, 0.6) is 11.5 Å². The molecule has 188 valence electrons. The summed E-state index contributed by atoms with van der Waals surface area (Å²) in [7, 11) is -2.53. The number of hydrogen-bond donors (Lipinski definition) is 1. The zero-order chi connectivity index (χ0) is 26.0. The van der Waals surface area contributed by atoms with Gasteiger partial charge >= 0.3 is 5.91 Å². The van der Waals surface area contributed by atoms with E-state index >= 15 is 0 Å². The predicted octanol–water partition coefficient (Wildman–Crippen LogP) is 4.87. The van der Waals surface area contributed by atoms with E-state index in [1.165, 1.54) is 19.9 Å². The monoisotopic (exact) mass is 510 g/mol. The zero-order valence-electron chi connectivity index (χ0n) is 20.5. The van der Waals surface area contributed by atoms with Crippen molar-refractivity contribution in [3.05, 3.63) is 82.6 Å². The van der Waals surface area contributed by atoms with E-state index in [0.717, 1.165) is 22.4 Å². The first-order valence-corrected chi connectivity index (χ1v) is 12.5. The summed E-state index contributed by atoms with van der Waals surface area (Å²) < 4.78 is 48.7. The molecule has 2 aromatic carbocycles. The van der Waals surface area contributed by atoms with Crippen molar-refractivity contribution in [1.29, 1.82) is 0 Å². The maximum atomic E-state index is 12.6. The first-order valence-electron chi connectivity index (χ1n) is 11.1. The van der Waals surface area contributed by atoms with Gasteiger partial charge in [-0.3, -0.25) is 4.79 Å². The molecular formula is C26H26N2O7S. The number of methoxy groups -OCH3 is 1. The molecule has 0 radical (unpaired) electrons. The molecule has 0 fully saturated rings. The first kappa shape index (κ1) is 25.1. The average Bonchev–Trinajstić information content (AvgIpc) is 3.39. The molecule has 0 aliphatic rings. The number of sulfonamides is 1. The second-order valence-corrected chi connectivity index (χ2v) is 9.89. The molecule has 36 heavy (non-hydrogen) atoms. The average molecular weight is 511 g/mol. The summed E-state index contributed by atoms with van der Waals surface area (Å²) in [5, 5.41) is 3.62. The number of carbonyl (C=O) groups excluding carboxylic acids is 1. The van der Waals surface area contributed by atoms with Crippen LogP contribution >= 0.6 is 0 Å². The van der Waals surface area contributed by atoms with E-state index in [0.29, 0.717) is 17.1 Å². The Morgan fingerprint density at radius 1 is 0.972 bits per heavy atom. The molecule has 0 saturated carbocycles. The maximum absolute atomic E-state index is 12.6. The number of amides is 1. The number of carbonyl (C=O) groups is 1. The topological polar surface area (TPSA) is 121 Å². The van der Waals surface area contributed by atoms with Gasteiger partial charge in [0.05, 0.1) is 7.11 Å². The lowest BCUT2D eigenvalue weighted by Crippen LogP contribution is -2.31. The number of nitrogens with zero attached hydrogens (tertiary/aromatic N) is 1. The molecule has 0 aliphatic heterocycles. The molecular weight excluding hydrogens is 484 g/mol. The lowest BCUT2D eigenvalue weighted by molar-refractivity contribution is 0.0953. The van der Waals surface area contributed by atoms with Crippen LogP contribution in [0.2, 0.25) is 0 Å². The molecule has 1 N–H and O–H groups in total. The van der Waals surface area contributed by atoms with Crippen LogP contribution in [0, 0.1) is 27.7 Å². The Labute approximate surface area is 209 Å². The summed E-state index contributed by atoms with van der Waals surface area (Å²) >= 11 is 0. The minimum atomic E-state index is -4.17. The van der Waals surface area contributed by atoms with Crippen LogP contribution in [-0.4, -0.2) is 26.6 Å². The fourth-order valence-corrected chi connectivity index (χ4v) is 5.12. The minimum absolute atomic E-state index is 0.0886. The number of aryl methyl sites for hydroxylation is 4. The molecule has 1 amide bonds. The Morgan fingerprint density at radius 3 is 2.28 bits per heavy atom. The van der Waals surface area contributed by atoms with Crippen LogP contribution < -0.4 is 14.2 Å². The molecule has 0 spiro atoms. The van der Waals surface area contributed by atoms with Gasteiger partial charge in [-0.2, -0.15) is 0 Å². The van der Waals surface area contributed by atoms with Gasteiger partial charge in [0.15, 0.2) is 16.4 Å². The van der Waals surface area contributed by atoms with Gasteiger partial charge in [-0.1, -0.05) is 23.4 Å². The molecule has 0 aliphatic carbocycles. The van der Waals surface area contributed by atoms with Crippen molar-refractivity contribution in [3.8, 4) is 22.6 Å². The predicted molar refractivity (Wildman–Crippen MR) is 132 cm³/mol. The molecule has 9 nitrogen and oxygen atoms in total. The van der Waals surface area contributed by atoms with Crippen molar-refractivity contribution < 1.29 is 31.6 Å². The van der Waals surface area contributed by atoms with Gasteiger partial charge in [0, 0.05) is 5.56 Å². The van der Waals surface area contributed by atoms with E-state index in [-0.39, 0.29) is 28.7 Å². The highest BCUT2D eigenvalue weighted by Gasteiger charge is 2.28. The molecule has 4 aromatic rings. The van der Waals surface area contributed by atoms with Gasteiger partial charge in [0.25, 0.3) is 10.0 Å². The third-order valence-corrected chi connectivity index (χ3v) is 7.28. The van der Waals surface area contributed by atoms with Gasteiger partial charge < -0.3 is 18.4 Å². The second kappa shape index (κ2) is 9.90. The summed E-state index contributed by atoms with van der Waals surface area (Å²) in [5.74, 6) is 0.930. The summed E-state index contributed by atoms with van der Waals surface area (Å²) in [5.41, 5.74) is 4.01. The van der Waals surface area contributed by atoms with Gasteiger partial charge in [-0.05, 0) is 74.7 Å². The molecule has 10 heteroatoms. The van der Waals surface area contributed by atoms with Gasteiger partial charge in [0.1, 0.15) is 29.6 Å². The van der Waals surface area contributed by atoms with Crippen LogP contribution in [0.25, 0.3) is 11.1 Å². The molecule has 0 unspecified atom stereocenters. The van der Waals surface area contributed by atoms with Gasteiger partial charge in [-0.15, -0.1) is 0 Å². The number of benzene rings is 2. The van der Waals surface area contributed by atoms with Crippen molar-refractivity contribution in [2.24, 2.45) is 0 Å². The number of nitrogens with one attached hydrogen (secondary N) is 1. The third kappa shape index (κ3) is 5.13. The molecule has 2 aromatic heterocycles. The van der Waals surface area contributed by atoms with Gasteiger partial charge in [0.2, 0.25) is 0 Å². The van der Waals surface area contributed by atoms with Gasteiger partial charge in [-0.25, -0.2) is 13.1 Å². The summed E-state index contributed by atoms with van der Waals surface area (Å²) in [6, 6.07) is 15.0. The Kier molecular flexibility index (Phi) is 6.89. The number of furan rings is 1. The van der Waals surface area contributed by atoms with E-state index < -0.39 is 15.9 Å². The summed E-state index contributed by atoms with van der Waals surface area (Å²) in [6.45, 7) is 6.77. The van der Waals surface area contributed by atoms with Crippen LogP contribution in [0.4, 0.5) is 0 Å². The lowest BCUT2D eigenvalue weighted by atomic mass is 10.0. The SMILES string of the molecule is COc1ccc(-c2ccc(OCc3cc(C(=O)NS(=O)(=O)c4c(C)noc4C)oc3C)cc2)c(C)c1. The van der Waals surface area contributed by atoms with E-state index in [4.69, 9.17) is 18.4 Å². The van der Waals surface area contributed by atoms with Crippen LogP contribution in [0.15, 0.2) is 62.4 Å². The largest absolute Gasteiger partial charge is 0.497 e. The molecule has 0 bridgehead atoms.